The summed E-state index contributed by atoms with van der Waals surface area (Å²) >= 11 is 6.60. The van der Waals surface area contributed by atoms with Gasteiger partial charge in [-0.2, -0.15) is 0 Å². The zero-order valence-electron chi connectivity index (χ0n) is 17.1. The molecule has 10 heteroatoms. The number of thiocarbonyl (C=S) groups is 1. The molecule has 2 aromatic carbocycles. The maximum Gasteiger partial charge on any atom is 0.293 e. The predicted molar refractivity (Wildman–Crippen MR) is 130 cm³/mol. The molecule has 2 N–H and O–H groups in total. The summed E-state index contributed by atoms with van der Waals surface area (Å²) in [5, 5.41) is 19.6. The van der Waals surface area contributed by atoms with Crippen LogP contribution in [0.1, 0.15) is 29.6 Å². The number of benzene rings is 2. The Kier molecular flexibility index (Phi) is 6.72. The van der Waals surface area contributed by atoms with Crippen molar-refractivity contribution in [3.05, 3.63) is 69.6 Å². The molecule has 3 aromatic rings. The molecule has 4 rings (SSSR count). The van der Waals surface area contributed by atoms with E-state index in [0.717, 1.165) is 43.6 Å². The highest BCUT2D eigenvalue weighted by Gasteiger charge is 2.23. The third-order valence-corrected chi connectivity index (χ3v) is 6.11. The predicted octanol–water partition coefficient (Wildman–Crippen LogP) is 4.84. The second-order valence-electron chi connectivity index (χ2n) is 7.32. The molecule has 1 amide bonds. The Bertz CT molecular complexity index is 1140. The lowest BCUT2D eigenvalue weighted by molar-refractivity contribution is -0.384. The number of hydrogen-bond acceptors (Lipinski definition) is 7. The molecule has 0 radical (unpaired) electrons. The summed E-state index contributed by atoms with van der Waals surface area (Å²) in [7, 11) is 0. The van der Waals surface area contributed by atoms with E-state index in [0.29, 0.717) is 10.8 Å². The number of piperidine rings is 1. The number of aromatic nitrogens is 1. The summed E-state index contributed by atoms with van der Waals surface area (Å²) in [5.74, 6) is -0.518. The van der Waals surface area contributed by atoms with Crippen LogP contribution in [0.25, 0.3) is 11.3 Å². The van der Waals surface area contributed by atoms with Crippen molar-refractivity contribution in [1.29, 1.82) is 0 Å². The Morgan fingerprint density at radius 3 is 2.59 bits per heavy atom. The first-order valence-electron chi connectivity index (χ1n) is 10.2. The molecule has 1 aliphatic rings. The second kappa shape index (κ2) is 9.84. The molecule has 0 atom stereocenters. The van der Waals surface area contributed by atoms with Gasteiger partial charge in [-0.25, -0.2) is 4.98 Å². The van der Waals surface area contributed by atoms with Crippen LogP contribution >= 0.6 is 23.6 Å². The number of carbonyl (C=O) groups is 1. The summed E-state index contributed by atoms with van der Waals surface area (Å²) in [6.07, 6.45) is 3.13. The van der Waals surface area contributed by atoms with E-state index in [1.165, 1.54) is 17.4 Å². The molecule has 0 aliphatic carbocycles. The smallest absolute Gasteiger partial charge is 0.293 e. The van der Waals surface area contributed by atoms with Gasteiger partial charge in [-0.1, -0.05) is 30.3 Å². The van der Waals surface area contributed by atoms with Gasteiger partial charge in [0.1, 0.15) is 5.69 Å². The largest absolute Gasteiger partial charge is 0.366 e. The van der Waals surface area contributed by atoms with E-state index in [4.69, 9.17) is 12.2 Å². The number of nitrogens with one attached hydrogen (secondary N) is 2. The maximum atomic E-state index is 12.6. The number of rotatable bonds is 5. The highest BCUT2D eigenvalue weighted by atomic mass is 32.1. The number of nitro groups is 1. The fourth-order valence-corrected chi connectivity index (χ4v) is 4.57. The highest BCUT2D eigenvalue weighted by Crippen LogP contribution is 2.31. The second-order valence-corrected chi connectivity index (χ2v) is 8.59. The highest BCUT2D eigenvalue weighted by molar-refractivity contribution is 7.80. The van der Waals surface area contributed by atoms with Crippen LogP contribution in [0.3, 0.4) is 0 Å². The van der Waals surface area contributed by atoms with Crippen molar-refractivity contribution in [2.75, 3.05) is 23.3 Å². The minimum Gasteiger partial charge on any atom is -0.366 e. The van der Waals surface area contributed by atoms with Crippen LogP contribution in [-0.2, 0) is 0 Å². The van der Waals surface area contributed by atoms with Crippen molar-refractivity contribution in [3.63, 3.8) is 0 Å². The van der Waals surface area contributed by atoms with Gasteiger partial charge < -0.3 is 10.2 Å². The molecule has 0 unspecified atom stereocenters. The van der Waals surface area contributed by atoms with Gasteiger partial charge in [-0.15, -0.1) is 11.3 Å². The number of nitro benzene ring substituents is 1. The standard InChI is InChI=1S/C22H21N5O3S2/c28-20(16-9-10-18(19(13-16)27(29)30)26-11-5-2-6-12-26)24-21(31)25-22-23-17(14-32-22)15-7-3-1-4-8-15/h1,3-4,7-10,13-14H,2,5-6,11-12H2,(H2,23,24,25,28,31). The van der Waals surface area contributed by atoms with Crippen molar-refractivity contribution in [1.82, 2.24) is 10.3 Å². The van der Waals surface area contributed by atoms with E-state index in [-0.39, 0.29) is 16.4 Å². The van der Waals surface area contributed by atoms with E-state index in [1.54, 1.807) is 12.1 Å². The monoisotopic (exact) mass is 467 g/mol. The van der Waals surface area contributed by atoms with Gasteiger partial charge in [0, 0.05) is 35.7 Å². The normalized spacial score (nSPS) is 13.4. The van der Waals surface area contributed by atoms with Gasteiger partial charge in [0.05, 0.1) is 10.6 Å². The molecule has 8 nitrogen and oxygen atoms in total. The molecular weight excluding hydrogens is 446 g/mol. The zero-order chi connectivity index (χ0) is 22.5. The molecule has 164 valence electrons. The van der Waals surface area contributed by atoms with Crippen LogP contribution < -0.4 is 15.5 Å². The zero-order valence-corrected chi connectivity index (χ0v) is 18.7. The van der Waals surface area contributed by atoms with Crippen LogP contribution in [0.4, 0.5) is 16.5 Å². The lowest BCUT2D eigenvalue weighted by Crippen LogP contribution is -2.34. The van der Waals surface area contributed by atoms with E-state index in [2.05, 4.69) is 15.6 Å². The van der Waals surface area contributed by atoms with Crippen molar-refractivity contribution in [2.45, 2.75) is 19.3 Å². The van der Waals surface area contributed by atoms with Crippen molar-refractivity contribution in [3.8, 4) is 11.3 Å². The molecule has 0 bridgehead atoms. The van der Waals surface area contributed by atoms with Crippen LogP contribution in [0.15, 0.2) is 53.9 Å². The van der Waals surface area contributed by atoms with Crippen LogP contribution in [0, 0.1) is 10.1 Å². The van der Waals surface area contributed by atoms with Crippen molar-refractivity contribution >= 4 is 51.1 Å². The van der Waals surface area contributed by atoms with Gasteiger partial charge >= 0.3 is 0 Å². The Morgan fingerprint density at radius 2 is 1.88 bits per heavy atom. The third kappa shape index (κ3) is 5.09. The first-order chi connectivity index (χ1) is 15.5. The van der Waals surface area contributed by atoms with Crippen LogP contribution in [0.2, 0.25) is 0 Å². The van der Waals surface area contributed by atoms with E-state index in [9.17, 15) is 14.9 Å². The number of anilines is 2. The Balaban J connectivity index is 1.43. The Morgan fingerprint density at radius 1 is 1.12 bits per heavy atom. The topological polar surface area (TPSA) is 100 Å². The molecule has 1 fully saturated rings. The van der Waals surface area contributed by atoms with Crippen molar-refractivity contribution in [2.24, 2.45) is 0 Å². The SMILES string of the molecule is O=C(NC(=S)Nc1nc(-c2ccccc2)cs1)c1ccc(N2CCCCC2)c([N+](=O)[O-])c1. The summed E-state index contributed by atoms with van der Waals surface area (Å²) in [5.41, 5.74) is 2.42. The molecule has 1 saturated heterocycles. The minimum atomic E-state index is -0.518. The molecule has 1 aromatic heterocycles. The minimum absolute atomic E-state index is 0.0757. The summed E-state index contributed by atoms with van der Waals surface area (Å²) < 4.78 is 0. The molecule has 32 heavy (non-hydrogen) atoms. The maximum absolute atomic E-state index is 12.6. The summed E-state index contributed by atoms with van der Waals surface area (Å²) in [4.78, 5) is 30.3. The van der Waals surface area contributed by atoms with E-state index < -0.39 is 10.8 Å². The van der Waals surface area contributed by atoms with Crippen LogP contribution in [-0.4, -0.2) is 34.0 Å². The quantitative estimate of drug-likeness (QED) is 0.315. The Labute approximate surface area is 194 Å². The van der Waals surface area contributed by atoms with Crippen molar-refractivity contribution < 1.29 is 9.72 Å². The molecule has 1 aliphatic heterocycles. The lowest BCUT2D eigenvalue weighted by Gasteiger charge is -2.28. The average molecular weight is 468 g/mol. The molecule has 0 saturated carbocycles. The molecule has 2 heterocycles. The number of nitrogens with zero attached hydrogens (tertiary/aromatic N) is 3. The van der Waals surface area contributed by atoms with E-state index in [1.807, 2.05) is 40.6 Å². The van der Waals surface area contributed by atoms with E-state index >= 15 is 0 Å². The molecule has 0 spiro atoms. The number of hydrogen-bond donors (Lipinski definition) is 2. The molecular formula is C22H21N5O3S2. The third-order valence-electron chi connectivity index (χ3n) is 5.15. The van der Waals surface area contributed by atoms with Gasteiger partial charge in [0.25, 0.3) is 11.6 Å². The Hall–Kier alpha value is -3.37. The van der Waals surface area contributed by atoms with Gasteiger partial charge in [0.15, 0.2) is 10.2 Å². The summed E-state index contributed by atoms with van der Waals surface area (Å²) in [6, 6.07) is 14.2. The summed E-state index contributed by atoms with van der Waals surface area (Å²) in [6.45, 7) is 1.55. The van der Waals surface area contributed by atoms with Crippen LogP contribution in [0.5, 0.6) is 0 Å². The first kappa shape index (κ1) is 21.8. The fourth-order valence-electron chi connectivity index (χ4n) is 3.59. The van der Waals surface area contributed by atoms with Gasteiger partial charge in [0.2, 0.25) is 0 Å². The first-order valence-corrected chi connectivity index (χ1v) is 11.5. The number of carbonyl (C=O) groups excluding carboxylic acids is 1. The lowest BCUT2D eigenvalue weighted by atomic mass is 10.1. The number of thiazole rings is 1. The fraction of sp³-hybridized carbons (Fsp3) is 0.227. The van der Waals surface area contributed by atoms with Gasteiger partial charge in [-0.05, 0) is 43.6 Å². The average Bonchev–Trinajstić information content (AvgIpc) is 3.28. The van der Waals surface area contributed by atoms with Gasteiger partial charge in [-0.3, -0.25) is 20.2 Å². The number of amides is 1.